The summed E-state index contributed by atoms with van der Waals surface area (Å²) >= 11 is 3.18. The summed E-state index contributed by atoms with van der Waals surface area (Å²) in [6.45, 7) is 0. The Balaban J connectivity index is 2.30. The molecule has 7 heteroatoms. The number of halogens is 1. The maximum Gasteiger partial charge on any atom is 0.246 e. The van der Waals surface area contributed by atoms with Crippen LogP contribution in [0.1, 0.15) is 11.7 Å². The molecule has 0 aromatic heterocycles. The molecule has 0 heterocycles. The van der Waals surface area contributed by atoms with E-state index in [2.05, 4.69) is 15.9 Å². The summed E-state index contributed by atoms with van der Waals surface area (Å²) in [4.78, 5) is 0.0248. The van der Waals surface area contributed by atoms with Crippen molar-refractivity contribution in [1.82, 2.24) is 4.31 Å². The lowest BCUT2D eigenvalue weighted by Crippen LogP contribution is -2.41. The van der Waals surface area contributed by atoms with Gasteiger partial charge in [0.05, 0.1) is 4.90 Å². The Bertz CT molecular complexity index is 736. The minimum absolute atomic E-state index is 0.0248. The molecular weight excluding hydrogens is 370 g/mol. The molecule has 0 spiro atoms. The average Bonchev–Trinajstić information content (AvgIpc) is 2.53. The van der Waals surface area contributed by atoms with Gasteiger partial charge in [-0.1, -0.05) is 42.5 Å². The summed E-state index contributed by atoms with van der Waals surface area (Å²) in [6, 6.07) is 14.7. The summed E-state index contributed by atoms with van der Waals surface area (Å²) in [6.07, 6.45) is -2.94. The minimum Gasteiger partial charge on any atom is -0.384 e. The van der Waals surface area contributed by atoms with Gasteiger partial charge in [-0.05, 0) is 33.6 Å². The summed E-state index contributed by atoms with van der Waals surface area (Å²) in [5, 5.41) is 20.4. The highest BCUT2D eigenvalue weighted by atomic mass is 79.9. The largest absolute Gasteiger partial charge is 0.384 e. The molecule has 0 aliphatic rings. The second-order valence-corrected chi connectivity index (χ2v) is 7.54. The van der Waals surface area contributed by atoms with Gasteiger partial charge in [0, 0.05) is 11.5 Å². The number of rotatable bonds is 5. The van der Waals surface area contributed by atoms with E-state index in [1.54, 1.807) is 48.5 Å². The summed E-state index contributed by atoms with van der Waals surface area (Å²) in [5.41, 5.74) is 0.434. The SMILES string of the molecule is CN([C@@H](O)[C@@H](O)c1ccccc1)S(=O)(=O)c1ccccc1Br. The van der Waals surface area contributed by atoms with E-state index in [9.17, 15) is 18.6 Å². The van der Waals surface area contributed by atoms with Gasteiger partial charge in [0.2, 0.25) is 10.0 Å². The van der Waals surface area contributed by atoms with Crippen molar-refractivity contribution in [2.75, 3.05) is 7.05 Å². The first-order chi connectivity index (χ1) is 10.4. The van der Waals surface area contributed by atoms with Crippen LogP contribution in [-0.4, -0.2) is 36.2 Å². The zero-order valence-electron chi connectivity index (χ0n) is 11.8. The van der Waals surface area contributed by atoms with Crippen LogP contribution in [0.5, 0.6) is 0 Å². The van der Waals surface area contributed by atoms with Gasteiger partial charge in [0.15, 0.2) is 6.23 Å². The fourth-order valence-electron chi connectivity index (χ4n) is 1.97. The molecular formula is C15H16BrNO4S. The van der Waals surface area contributed by atoms with Crippen molar-refractivity contribution in [3.05, 3.63) is 64.6 Å². The first-order valence-electron chi connectivity index (χ1n) is 6.49. The van der Waals surface area contributed by atoms with E-state index in [1.807, 2.05) is 0 Å². The molecule has 2 rings (SSSR count). The normalized spacial score (nSPS) is 14.8. The molecule has 2 N–H and O–H groups in total. The van der Waals surface area contributed by atoms with Gasteiger partial charge >= 0.3 is 0 Å². The Morgan fingerprint density at radius 1 is 1.00 bits per heavy atom. The fraction of sp³-hybridized carbons (Fsp3) is 0.200. The molecule has 2 atom stereocenters. The standard InChI is InChI=1S/C15H16BrNO4S/c1-17(15(19)14(18)11-7-3-2-4-8-11)22(20,21)13-10-6-5-9-12(13)16/h2-10,14-15,18-19H,1H3/t14-,15-/m0/s1. The maximum atomic E-state index is 12.6. The highest BCUT2D eigenvalue weighted by Gasteiger charge is 2.32. The van der Waals surface area contributed by atoms with Gasteiger partial charge in [0.25, 0.3) is 0 Å². The third-order valence-electron chi connectivity index (χ3n) is 3.29. The first-order valence-corrected chi connectivity index (χ1v) is 8.72. The van der Waals surface area contributed by atoms with E-state index >= 15 is 0 Å². The lowest BCUT2D eigenvalue weighted by Gasteiger charge is -2.27. The summed E-state index contributed by atoms with van der Waals surface area (Å²) < 4.78 is 26.3. The topological polar surface area (TPSA) is 77.8 Å². The fourth-order valence-corrected chi connectivity index (χ4v) is 4.15. The molecule has 0 bridgehead atoms. The Hall–Kier alpha value is -1.25. The Morgan fingerprint density at radius 3 is 2.14 bits per heavy atom. The molecule has 0 aliphatic heterocycles. The summed E-state index contributed by atoms with van der Waals surface area (Å²) in [7, 11) is -2.72. The van der Waals surface area contributed by atoms with Gasteiger partial charge in [-0.2, -0.15) is 4.31 Å². The van der Waals surface area contributed by atoms with E-state index in [0.717, 1.165) is 4.31 Å². The number of hydrogen-bond acceptors (Lipinski definition) is 4. The third kappa shape index (κ3) is 3.39. The van der Waals surface area contributed by atoms with Crippen LogP contribution >= 0.6 is 15.9 Å². The number of aliphatic hydroxyl groups is 2. The van der Waals surface area contributed by atoms with Crippen LogP contribution in [-0.2, 0) is 10.0 Å². The highest BCUT2D eigenvalue weighted by Crippen LogP contribution is 2.27. The number of benzene rings is 2. The number of hydrogen-bond donors (Lipinski definition) is 2. The Morgan fingerprint density at radius 2 is 1.55 bits per heavy atom. The van der Waals surface area contributed by atoms with Crippen LogP contribution in [0.25, 0.3) is 0 Å². The van der Waals surface area contributed by atoms with E-state index in [-0.39, 0.29) is 4.90 Å². The number of aliphatic hydroxyl groups excluding tert-OH is 2. The van der Waals surface area contributed by atoms with Crippen LogP contribution in [0.3, 0.4) is 0 Å². The van der Waals surface area contributed by atoms with E-state index < -0.39 is 22.4 Å². The van der Waals surface area contributed by atoms with Crippen molar-refractivity contribution in [2.45, 2.75) is 17.2 Å². The van der Waals surface area contributed by atoms with Gasteiger partial charge in [-0.15, -0.1) is 0 Å². The molecule has 0 saturated carbocycles. The first kappa shape index (κ1) is 17.1. The van der Waals surface area contributed by atoms with Crippen molar-refractivity contribution in [2.24, 2.45) is 0 Å². The molecule has 2 aromatic carbocycles. The molecule has 0 saturated heterocycles. The van der Waals surface area contributed by atoms with Crippen molar-refractivity contribution < 1.29 is 18.6 Å². The second kappa shape index (κ2) is 6.89. The molecule has 2 aromatic rings. The smallest absolute Gasteiger partial charge is 0.246 e. The van der Waals surface area contributed by atoms with Crippen LogP contribution in [0.15, 0.2) is 64.0 Å². The molecule has 0 amide bonds. The lowest BCUT2D eigenvalue weighted by atomic mass is 10.1. The van der Waals surface area contributed by atoms with Gasteiger partial charge in [-0.3, -0.25) is 0 Å². The van der Waals surface area contributed by atoms with Gasteiger partial charge in [-0.25, -0.2) is 8.42 Å². The predicted octanol–water partition coefficient (Wildman–Crippen LogP) is 2.12. The van der Waals surface area contributed by atoms with E-state index in [0.29, 0.717) is 10.0 Å². The monoisotopic (exact) mass is 385 g/mol. The van der Waals surface area contributed by atoms with Crippen LogP contribution in [0.4, 0.5) is 0 Å². The Labute approximate surface area is 138 Å². The third-order valence-corrected chi connectivity index (χ3v) is 6.13. The predicted molar refractivity (Wildman–Crippen MR) is 86.5 cm³/mol. The number of nitrogens with zero attached hydrogens (tertiary/aromatic N) is 1. The molecule has 22 heavy (non-hydrogen) atoms. The van der Waals surface area contributed by atoms with Crippen LogP contribution < -0.4 is 0 Å². The van der Waals surface area contributed by atoms with Crippen LogP contribution in [0, 0.1) is 0 Å². The van der Waals surface area contributed by atoms with E-state index in [1.165, 1.54) is 13.1 Å². The molecule has 0 fully saturated rings. The molecule has 5 nitrogen and oxygen atoms in total. The van der Waals surface area contributed by atoms with Crippen molar-refractivity contribution in [1.29, 1.82) is 0 Å². The molecule has 0 radical (unpaired) electrons. The molecule has 118 valence electrons. The zero-order valence-corrected chi connectivity index (χ0v) is 14.2. The average molecular weight is 386 g/mol. The number of likely N-dealkylation sites (N-methyl/N-ethyl adjacent to an activating group) is 1. The van der Waals surface area contributed by atoms with Crippen LogP contribution in [0.2, 0.25) is 0 Å². The van der Waals surface area contributed by atoms with Gasteiger partial charge < -0.3 is 10.2 Å². The second-order valence-electron chi connectivity index (χ2n) is 4.72. The molecule has 0 unspecified atom stereocenters. The Kier molecular flexibility index (Phi) is 5.36. The van der Waals surface area contributed by atoms with E-state index in [4.69, 9.17) is 0 Å². The maximum absolute atomic E-state index is 12.6. The van der Waals surface area contributed by atoms with Crippen molar-refractivity contribution in [3.63, 3.8) is 0 Å². The van der Waals surface area contributed by atoms with Crippen molar-refractivity contribution in [3.8, 4) is 0 Å². The van der Waals surface area contributed by atoms with Crippen molar-refractivity contribution >= 4 is 26.0 Å². The highest BCUT2D eigenvalue weighted by molar-refractivity contribution is 9.10. The lowest BCUT2D eigenvalue weighted by molar-refractivity contribution is -0.0398. The molecule has 0 aliphatic carbocycles. The quantitative estimate of drug-likeness (QED) is 0.772. The number of sulfonamides is 1. The van der Waals surface area contributed by atoms with Gasteiger partial charge in [0.1, 0.15) is 6.10 Å². The minimum atomic E-state index is -3.95. The zero-order chi connectivity index (χ0) is 16.3. The summed E-state index contributed by atoms with van der Waals surface area (Å²) in [5.74, 6) is 0.